The molecule has 24 heavy (non-hydrogen) atoms. The minimum atomic E-state index is -3.75. The summed E-state index contributed by atoms with van der Waals surface area (Å²) in [7, 11) is -2.25. The first-order valence-corrected chi connectivity index (χ1v) is 9.56. The molecule has 0 unspecified atom stereocenters. The molecule has 0 aromatic heterocycles. The van der Waals surface area contributed by atoms with Crippen LogP contribution in [0, 0.1) is 0 Å². The number of hydrogen-bond acceptors (Lipinski definition) is 4. The Bertz CT molecular complexity index is 845. The molecule has 0 atom stereocenters. The summed E-state index contributed by atoms with van der Waals surface area (Å²) < 4.78 is 30.3. The monoisotopic (exact) mass is 449 g/mol. The molecule has 6 nitrogen and oxygen atoms in total. The summed E-state index contributed by atoms with van der Waals surface area (Å²) in [5, 5.41) is 3.33. The lowest BCUT2D eigenvalue weighted by Crippen LogP contribution is -2.43. The zero-order valence-electron chi connectivity index (χ0n) is 12.3. The Balaban J connectivity index is 2.03. The highest BCUT2D eigenvalue weighted by molar-refractivity contribution is 9.10. The van der Waals surface area contributed by atoms with Crippen LogP contribution in [-0.4, -0.2) is 20.6 Å². The Morgan fingerprint density at radius 1 is 1.21 bits per heavy atom. The van der Waals surface area contributed by atoms with Crippen molar-refractivity contribution < 1.29 is 13.2 Å². The van der Waals surface area contributed by atoms with Crippen molar-refractivity contribution in [3.8, 4) is 5.75 Å². The minimum absolute atomic E-state index is 0.0382. The summed E-state index contributed by atoms with van der Waals surface area (Å²) >= 11 is 14.2. The molecule has 0 aliphatic heterocycles. The highest BCUT2D eigenvalue weighted by Crippen LogP contribution is 2.27. The van der Waals surface area contributed by atoms with Crippen LogP contribution in [0.2, 0.25) is 5.02 Å². The number of ether oxygens (including phenoxy) is 1. The van der Waals surface area contributed by atoms with E-state index in [4.69, 9.17) is 28.6 Å². The molecule has 0 heterocycles. The summed E-state index contributed by atoms with van der Waals surface area (Å²) in [4.78, 5) is 2.29. The standard InChI is InChI=1S/C14H13BrClN3O3S2/c1-22-13-7-4-10(16)8-12(13)17-14(23)18-19-24(20,21)11-5-2-9(15)3-6-11/h2-8,19H,1H3,(H2,17,18,23). The molecule has 10 heteroatoms. The van der Waals surface area contributed by atoms with Crippen molar-refractivity contribution in [1.82, 2.24) is 10.3 Å². The molecular weight excluding hydrogens is 438 g/mol. The lowest BCUT2D eigenvalue weighted by Gasteiger charge is -2.14. The van der Waals surface area contributed by atoms with Gasteiger partial charge in [0.15, 0.2) is 5.11 Å². The van der Waals surface area contributed by atoms with Crippen molar-refractivity contribution >= 4 is 60.6 Å². The molecule has 0 saturated carbocycles. The lowest BCUT2D eigenvalue weighted by molar-refractivity contribution is 0.417. The second-order valence-electron chi connectivity index (χ2n) is 4.48. The van der Waals surface area contributed by atoms with Crippen LogP contribution < -0.4 is 20.3 Å². The number of hydrogen-bond donors (Lipinski definition) is 3. The molecule has 2 aromatic carbocycles. The van der Waals surface area contributed by atoms with Gasteiger partial charge in [-0.05, 0) is 54.7 Å². The van der Waals surface area contributed by atoms with Gasteiger partial charge in [-0.3, -0.25) is 5.43 Å². The molecule has 0 saturated heterocycles. The van der Waals surface area contributed by atoms with Gasteiger partial charge in [0, 0.05) is 9.50 Å². The van der Waals surface area contributed by atoms with Crippen molar-refractivity contribution in [2.24, 2.45) is 0 Å². The van der Waals surface area contributed by atoms with Crippen LogP contribution in [-0.2, 0) is 10.0 Å². The molecule has 0 spiro atoms. The van der Waals surface area contributed by atoms with Gasteiger partial charge in [-0.25, -0.2) is 8.42 Å². The average Bonchev–Trinajstić information content (AvgIpc) is 2.54. The van der Waals surface area contributed by atoms with Crippen molar-refractivity contribution in [2.45, 2.75) is 4.90 Å². The Kier molecular flexibility index (Phi) is 6.41. The fourth-order valence-corrected chi connectivity index (χ4v) is 3.23. The van der Waals surface area contributed by atoms with Gasteiger partial charge in [0.05, 0.1) is 17.7 Å². The zero-order valence-corrected chi connectivity index (χ0v) is 16.3. The maximum atomic E-state index is 12.2. The van der Waals surface area contributed by atoms with Crippen LogP contribution in [0.15, 0.2) is 51.8 Å². The first-order valence-electron chi connectivity index (χ1n) is 6.50. The highest BCUT2D eigenvalue weighted by atomic mass is 79.9. The predicted molar refractivity (Wildman–Crippen MR) is 102 cm³/mol. The van der Waals surface area contributed by atoms with Crippen molar-refractivity contribution in [3.05, 3.63) is 52.0 Å². The van der Waals surface area contributed by atoms with E-state index < -0.39 is 10.0 Å². The SMILES string of the molecule is COc1ccc(Cl)cc1NC(=S)NNS(=O)(=O)c1ccc(Br)cc1. The zero-order chi connectivity index (χ0) is 17.7. The summed E-state index contributed by atoms with van der Waals surface area (Å²) in [6.45, 7) is 0. The summed E-state index contributed by atoms with van der Waals surface area (Å²) in [6, 6.07) is 11.1. The third kappa shape index (κ3) is 5.05. The number of methoxy groups -OCH3 is 1. The van der Waals surface area contributed by atoms with Crippen LogP contribution in [0.3, 0.4) is 0 Å². The van der Waals surface area contributed by atoms with Gasteiger partial charge in [-0.1, -0.05) is 27.5 Å². The quantitative estimate of drug-likeness (QED) is 0.479. The molecular formula is C14H13BrClN3O3S2. The van der Waals surface area contributed by atoms with Crippen LogP contribution in [0.5, 0.6) is 5.75 Å². The molecule has 0 aliphatic carbocycles. The van der Waals surface area contributed by atoms with E-state index in [2.05, 4.69) is 31.5 Å². The normalized spacial score (nSPS) is 11.0. The maximum Gasteiger partial charge on any atom is 0.257 e. The van der Waals surface area contributed by atoms with E-state index in [1.165, 1.54) is 19.2 Å². The summed E-state index contributed by atoms with van der Waals surface area (Å²) in [5.41, 5.74) is 2.93. The minimum Gasteiger partial charge on any atom is -0.495 e. The molecule has 3 N–H and O–H groups in total. The molecule has 0 amide bonds. The highest BCUT2D eigenvalue weighted by Gasteiger charge is 2.14. The van der Waals surface area contributed by atoms with Crippen LogP contribution in [0.25, 0.3) is 0 Å². The van der Waals surface area contributed by atoms with Gasteiger partial charge >= 0.3 is 0 Å². The van der Waals surface area contributed by atoms with E-state index in [1.54, 1.807) is 30.3 Å². The van der Waals surface area contributed by atoms with Gasteiger partial charge in [0.2, 0.25) is 0 Å². The fraction of sp³-hybridized carbons (Fsp3) is 0.0714. The third-order valence-electron chi connectivity index (χ3n) is 2.83. The summed E-state index contributed by atoms with van der Waals surface area (Å²) in [5.74, 6) is 0.513. The van der Waals surface area contributed by atoms with Gasteiger partial charge in [-0.15, -0.1) is 4.83 Å². The molecule has 2 rings (SSSR count). The first kappa shape index (κ1) is 18.9. The fourth-order valence-electron chi connectivity index (χ4n) is 1.72. The van der Waals surface area contributed by atoms with E-state index in [9.17, 15) is 8.42 Å². The number of rotatable bonds is 5. The number of hydrazine groups is 1. The third-order valence-corrected chi connectivity index (χ3v) is 5.06. The van der Waals surface area contributed by atoms with E-state index in [0.29, 0.717) is 16.5 Å². The second-order valence-corrected chi connectivity index (χ2v) is 7.93. The molecule has 2 aromatic rings. The van der Waals surface area contributed by atoms with E-state index >= 15 is 0 Å². The smallest absolute Gasteiger partial charge is 0.257 e. The van der Waals surface area contributed by atoms with Crippen LogP contribution in [0.4, 0.5) is 5.69 Å². The predicted octanol–water partition coefficient (Wildman–Crippen LogP) is 3.29. The number of halogens is 2. The van der Waals surface area contributed by atoms with E-state index in [-0.39, 0.29) is 10.0 Å². The second kappa shape index (κ2) is 8.13. The first-order chi connectivity index (χ1) is 11.3. The Morgan fingerprint density at radius 2 is 1.88 bits per heavy atom. The number of benzene rings is 2. The Hall–Kier alpha value is -1.39. The lowest BCUT2D eigenvalue weighted by atomic mass is 10.3. The van der Waals surface area contributed by atoms with Crippen LogP contribution in [0.1, 0.15) is 0 Å². The number of sulfonamides is 1. The topological polar surface area (TPSA) is 79.5 Å². The molecule has 0 bridgehead atoms. The van der Waals surface area contributed by atoms with Gasteiger partial charge in [0.25, 0.3) is 10.0 Å². The number of nitrogens with one attached hydrogen (secondary N) is 3. The Morgan fingerprint density at radius 3 is 2.50 bits per heavy atom. The summed E-state index contributed by atoms with van der Waals surface area (Å²) in [6.07, 6.45) is 0. The van der Waals surface area contributed by atoms with E-state index in [0.717, 1.165) is 4.47 Å². The number of anilines is 1. The average molecular weight is 451 g/mol. The van der Waals surface area contributed by atoms with Crippen LogP contribution >= 0.6 is 39.7 Å². The van der Waals surface area contributed by atoms with E-state index in [1.807, 2.05) is 0 Å². The molecule has 0 radical (unpaired) electrons. The van der Waals surface area contributed by atoms with Gasteiger partial charge in [-0.2, -0.15) is 0 Å². The van der Waals surface area contributed by atoms with Crippen molar-refractivity contribution in [1.29, 1.82) is 0 Å². The molecule has 128 valence electrons. The van der Waals surface area contributed by atoms with Gasteiger partial charge < -0.3 is 10.1 Å². The van der Waals surface area contributed by atoms with Gasteiger partial charge in [0.1, 0.15) is 5.75 Å². The van der Waals surface area contributed by atoms with Crippen molar-refractivity contribution in [2.75, 3.05) is 12.4 Å². The maximum absolute atomic E-state index is 12.2. The largest absolute Gasteiger partial charge is 0.495 e. The molecule has 0 aliphatic rings. The molecule has 0 fully saturated rings. The Labute approximate surface area is 158 Å². The number of thiocarbonyl (C=S) groups is 1. The van der Waals surface area contributed by atoms with Crippen molar-refractivity contribution in [3.63, 3.8) is 0 Å².